The molecule has 132 valence electrons. The fourth-order valence-electron chi connectivity index (χ4n) is 2.89. The third-order valence-electron chi connectivity index (χ3n) is 4.26. The maximum Gasteiger partial charge on any atom is 0.293 e. The topological polar surface area (TPSA) is 78.8 Å². The summed E-state index contributed by atoms with van der Waals surface area (Å²) in [5, 5.41) is 7.96. The first-order chi connectivity index (χ1) is 12.5. The Bertz CT molecular complexity index is 890. The van der Waals surface area contributed by atoms with Crippen molar-refractivity contribution in [2.24, 2.45) is 11.0 Å². The molecular weight excluding hydrogens is 330 g/mol. The number of nitrogens with one attached hydrogen (secondary N) is 1. The number of nitrogens with zero attached hydrogens (tertiary/aromatic N) is 2. The van der Waals surface area contributed by atoms with Crippen molar-refractivity contribution < 1.29 is 14.4 Å². The molecule has 26 heavy (non-hydrogen) atoms. The molecule has 2 aromatic carbocycles. The molecule has 0 bridgehead atoms. The Morgan fingerprint density at radius 3 is 2.42 bits per heavy atom. The van der Waals surface area contributed by atoms with Crippen LogP contribution in [0, 0.1) is 5.92 Å². The summed E-state index contributed by atoms with van der Waals surface area (Å²) in [6, 6.07) is 16.1. The van der Waals surface area contributed by atoms with Crippen LogP contribution in [0.15, 0.2) is 59.7 Å². The highest BCUT2D eigenvalue weighted by molar-refractivity contribution is 6.50. The van der Waals surface area contributed by atoms with Gasteiger partial charge in [0.05, 0.1) is 11.4 Å². The number of rotatable bonds is 5. The lowest BCUT2D eigenvalue weighted by Crippen LogP contribution is -2.39. The van der Waals surface area contributed by atoms with Crippen molar-refractivity contribution in [1.29, 1.82) is 0 Å². The summed E-state index contributed by atoms with van der Waals surface area (Å²) in [7, 11) is 0. The SMILES string of the molecule is CCc1ccccc1NC(=O)C(=O)[C@H]1C(=O)N(c2ccccc2)N=C1C. The summed E-state index contributed by atoms with van der Waals surface area (Å²) in [5.74, 6) is -3.32. The first-order valence-corrected chi connectivity index (χ1v) is 8.40. The van der Waals surface area contributed by atoms with Crippen LogP contribution in [0.1, 0.15) is 19.4 Å². The fraction of sp³-hybridized carbons (Fsp3) is 0.200. The van der Waals surface area contributed by atoms with Crippen LogP contribution in [0.3, 0.4) is 0 Å². The second kappa shape index (κ2) is 7.31. The molecule has 0 aromatic heterocycles. The standard InChI is InChI=1S/C20H19N3O3/c1-3-14-9-7-8-12-16(14)21-19(25)18(24)17-13(2)22-23(20(17)26)15-10-5-4-6-11-15/h4-12,17H,3H2,1-2H3,(H,21,25)/t17-/m0/s1. The summed E-state index contributed by atoms with van der Waals surface area (Å²) in [5.41, 5.74) is 2.36. The van der Waals surface area contributed by atoms with Gasteiger partial charge in [0.15, 0.2) is 0 Å². The van der Waals surface area contributed by atoms with Gasteiger partial charge in [-0.15, -0.1) is 0 Å². The lowest BCUT2D eigenvalue weighted by molar-refractivity contribution is -0.138. The number of carbonyl (C=O) groups is 3. The Balaban J connectivity index is 1.78. The number of Topliss-reactive ketones (excluding diaryl/α,β-unsaturated/α-hetero) is 1. The van der Waals surface area contributed by atoms with E-state index in [9.17, 15) is 14.4 Å². The Morgan fingerprint density at radius 1 is 1.08 bits per heavy atom. The molecule has 1 aliphatic heterocycles. The van der Waals surface area contributed by atoms with Gasteiger partial charge in [-0.3, -0.25) is 14.4 Å². The monoisotopic (exact) mass is 349 g/mol. The van der Waals surface area contributed by atoms with E-state index in [0.717, 1.165) is 12.0 Å². The Kier molecular flexibility index (Phi) is 4.93. The van der Waals surface area contributed by atoms with E-state index in [2.05, 4.69) is 10.4 Å². The van der Waals surface area contributed by atoms with Crippen LogP contribution in [0.25, 0.3) is 0 Å². The van der Waals surface area contributed by atoms with Crippen LogP contribution in [0.4, 0.5) is 11.4 Å². The normalized spacial score (nSPS) is 16.4. The highest BCUT2D eigenvalue weighted by Gasteiger charge is 2.42. The van der Waals surface area contributed by atoms with Gasteiger partial charge in [-0.2, -0.15) is 10.1 Å². The van der Waals surface area contributed by atoms with Gasteiger partial charge in [-0.25, -0.2) is 0 Å². The predicted molar refractivity (Wildman–Crippen MR) is 100.0 cm³/mol. The molecule has 0 saturated heterocycles. The van der Waals surface area contributed by atoms with Gasteiger partial charge in [-0.1, -0.05) is 43.3 Å². The number of benzene rings is 2. The van der Waals surface area contributed by atoms with E-state index in [1.54, 1.807) is 43.3 Å². The lowest BCUT2D eigenvalue weighted by Gasteiger charge is -2.14. The van der Waals surface area contributed by atoms with Gasteiger partial charge >= 0.3 is 0 Å². The number of hydrazone groups is 1. The van der Waals surface area contributed by atoms with E-state index in [-0.39, 0.29) is 0 Å². The number of hydrogen-bond donors (Lipinski definition) is 1. The van der Waals surface area contributed by atoms with Gasteiger partial charge in [0, 0.05) is 5.69 Å². The number of para-hydroxylation sites is 2. The van der Waals surface area contributed by atoms with Crippen molar-refractivity contribution >= 4 is 34.7 Å². The van der Waals surface area contributed by atoms with Crippen LogP contribution >= 0.6 is 0 Å². The predicted octanol–water partition coefficient (Wildman–Crippen LogP) is 2.80. The Labute approximate surface area is 151 Å². The number of amides is 2. The minimum Gasteiger partial charge on any atom is -0.319 e. The van der Waals surface area contributed by atoms with Crippen LogP contribution < -0.4 is 10.3 Å². The molecule has 1 atom stereocenters. The zero-order chi connectivity index (χ0) is 18.7. The maximum atomic E-state index is 12.6. The molecule has 1 aliphatic rings. The first kappa shape index (κ1) is 17.5. The number of ketones is 1. The molecule has 0 saturated carbocycles. The van der Waals surface area contributed by atoms with Crippen LogP contribution in [0.2, 0.25) is 0 Å². The zero-order valence-corrected chi connectivity index (χ0v) is 14.6. The molecule has 0 spiro atoms. The number of carbonyl (C=O) groups excluding carboxylic acids is 3. The Hall–Kier alpha value is -3.28. The molecule has 0 aliphatic carbocycles. The molecule has 2 aromatic rings. The van der Waals surface area contributed by atoms with Gasteiger partial charge in [0.1, 0.15) is 5.92 Å². The Morgan fingerprint density at radius 2 is 1.73 bits per heavy atom. The summed E-state index contributed by atoms with van der Waals surface area (Å²) in [6.07, 6.45) is 0.718. The largest absolute Gasteiger partial charge is 0.319 e. The van der Waals surface area contributed by atoms with Crippen LogP contribution in [0.5, 0.6) is 0 Å². The lowest BCUT2D eigenvalue weighted by atomic mass is 9.98. The average Bonchev–Trinajstić information content (AvgIpc) is 2.96. The van der Waals surface area contributed by atoms with Crippen molar-refractivity contribution in [3.05, 3.63) is 60.2 Å². The van der Waals surface area contributed by atoms with Gasteiger partial charge in [-0.05, 0) is 37.1 Å². The smallest absolute Gasteiger partial charge is 0.293 e. The highest BCUT2D eigenvalue weighted by atomic mass is 16.2. The van der Waals surface area contributed by atoms with Crippen molar-refractivity contribution in [2.45, 2.75) is 20.3 Å². The summed E-state index contributed by atoms with van der Waals surface area (Å²) in [4.78, 5) is 37.7. The average molecular weight is 349 g/mol. The summed E-state index contributed by atoms with van der Waals surface area (Å²) < 4.78 is 0. The van der Waals surface area contributed by atoms with E-state index in [4.69, 9.17) is 0 Å². The van der Waals surface area contributed by atoms with Crippen molar-refractivity contribution in [3.63, 3.8) is 0 Å². The first-order valence-electron chi connectivity index (χ1n) is 8.40. The molecular formula is C20H19N3O3. The number of aryl methyl sites for hydroxylation is 1. The minimum absolute atomic E-state index is 0.308. The van der Waals surface area contributed by atoms with Crippen LogP contribution in [-0.2, 0) is 20.8 Å². The number of anilines is 2. The molecule has 6 heteroatoms. The summed E-state index contributed by atoms with van der Waals surface area (Å²) >= 11 is 0. The van der Waals surface area contributed by atoms with Crippen molar-refractivity contribution in [1.82, 2.24) is 0 Å². The fourth-order valence-corrected chi connectivity index (χ4v) is 2.89. The molecule has 0 radical (unpaired) electrons. The van der Waals surface area contributed by atoms with Crippen LogP contribution in [-0.4, -0.2) is 23.3 Å². The third-order valence-corrected chi connectivity index (χ3v) is 4.26. The summed E-state index contributed by atoms with van der Waals surface area (Å²) in [6.45, 7) is 3.54. The van der Waals surface area contributed by atoms with E-state index < -0.39 is 23.5 Å². The molecule has 2 amide bonds. The molecule has 0 fully saturated rings. The zero-order valence-electron chi connectivity index (χ0n) is 14.6. The van der Waals surface area contributed by atoms with E-state index >= 15 is 0 Å². The van der Waals surface area contributed by atoms with Crippen molar-refractivity contribution in [2.75, 3.05) is 10.3 Å². The van der Waals surface area contributed by atoms with Gasteiger partial charge in [0.2, 0.25) is 5.78 Å². The van der Waals surface area contributed by atoms with Gasteiger partial charge in [0.25, 0.3) is 11.8 Å². The van der Waals surface area contributed by atoms with E-state index in [1.807, 2.05) is 25.1 Å². The minimum atomic E-state index is -1.19. The van der Waals surface area contributed by atoms with Crippen molar-refractivity contribution in [3.8, 4) is 0 Å². The third kappa shape index (κ3) is 3.26. The molecule has 0 unspecified atom stereocenters. The molecule has 1 N–H and O–H groups in total. The molecule has 1 heterocycles. The quantitative estimate of drug-likeness (QED) is 0.666. The van der Waals surface area contributed by atoms with E-state index in [1.165, 1.54) is 5.01 Å². The second-order valence-electron chi connectivity index (χ2n) is 5.99. The molecule has 3 rings (SSSR count). The number of hydrogen-bond acceptors (Lipinski definition) is 4. The van der Waals surface area contributed by atoms with E-state index in [0.29, 0.717) is 17.1 Å². The van der Waals surface area contributed by atoms with Gasteiger partial charge < -0.3 is 5.32 Å². The highest BCUT2D eigenvalue weighted by Crippen LogP contribution is 2.25. The molecule has 6 nitrogen and oxygen atoms in total. The maximum absolute atomic E-state index is 12.6. The second-order valence-corrected chi connectivity index (χ2v) is 5.99.